The number of rotatable bonds is 6. The van der Waals surface area contributed by atoms with Gasteiger partial charge in [-0.15, -0.1) is 0 Å². The number of nitrogens with zero attached hydrogens (tertiary/aromatic N) is 3. The molecule has 1 aromatic heterocycles. The third kappa shape index (κ3) is 4.75. The SMILES string of the molecule is FC(F)(I)C(F)(F)c1nc(C(F)(F)C(F)(F)I)nc(C(F)(F)C(F)(F)I)n1. The summed E-state index contributed by atoms with van der Waals surface area (Å²) in [4.78, 5) is 6.10. The fraction of sp³-hybridized carbons (Fsp3) is 0.667. The molecule has 0 saturated heterocycles. The second-order valence-corrected chi connectivity index (χ2v) is 8.59. The predicted octanol–water partition coefficient (Wildman–Crippen LogP) is 6.23. The maximum Gasteiger partial charge on any atom is 0.377 e. The summed E-state index contributed by atoms with van der Waals surface area (Å²) in [5.41, 5.74) is 0. The van der Waals surface area contributed by atoms with E-state index in [-0.39, 0.29) is 67.8 Å². The largest absolute Gasteiger partial charge is 0.377 e. The van der Waals surface area contributed by atoms with Gasteiger partial charge in [0.2, 0.25) is 17.5 Å². The van der Waals surface area contributed by atoms with Crippen molar-refractivity contribution >= 4 is 67.8 Å². The second kappa shape index (κ2) is 7.25. The first-order valence-electron chi connectivity index (χ1n) is 5.68. The van der Waals surface area contributed by atoms with Crippen molar-refractivity contribution in [2.45, 2.75) is 29.6 Å². The summed E-state index contributed by atoms with van der Waals surface area (Å²) in [6, 6.07) is 0. The monoisotopic (exact) mass is 759 g/mol. The summed E-state index contributed by atoms with van der Waals surface area (Å²) < 4.78 is 144. The smallest absolute Gasteiger partial charge is 0.205 e. The zero-order valence-electron chi connectivity index (χ0n) is 11.5. The summed E-state index contributed by atoms with van der Waals surface area (Å²) in [6.45, 7) is 0. The zero-order valence-corrected chi connectivity index (χ0v) is 18.0. The molecule has 27 heavy (non-hydrogen) atoms. The van der Waals surface area contributed by atoms with Crippen LogP contribution in [-0.4, -0.2) is 26.7 Å². The average molecular weight is 759 g/mol. The van der Waals surface area contributed by atoms with Crippen LogP contribution in [-0.2, 0) is 17.8 Å². The minimum absolute atomic E-state index is 0.238. The highest BCUT2D eigenvalue weighted by Gasteiger charge is 2.64. The third-order valence-corrected chi connectivity index (χ3v) is 4.58. The molecular weight excluding hydrogens is 759 g/mol. The lowest BCUT2D eigenvalue weighted by Crippen LogP contribution is -2.41. The Morgan fingerprint density at radius 2 is 0.556 bits per heavy atom. The van der Waals surface area contributed by atoms with Crippen LogP contribution in [0.4, 0.5) is 52.7 Å². The third-order valence-electron chi connectivity index (χ3n) is 2.55. The first kappa shape index (κ1) is 25.4. The van der Waals surface area contributed by atoms with E-state index in [0.717, 1.165) is 0 Å². The van der Waals surface area contributed by atoms with E-state index in [1.165, 1.54) is 0 Å². The molecule has 0 saturated carbocycles. The standard InChI is InChI=1S/C9F12I3N3/c10-4(11,7(16,17)22)1-25-2(5(12,13)8(18,19)23)27-3(26-1)6(14,15)9(20,21)24. The van der Waals surface area contributed by atoms with Crippen molar-refractivity contribution < 1.29 is 52.7 Å². The van der Waals surface area contributed by atoms with E-state index in [1.807, 2.05) is 15.0 Å². The van der Waals surface area contributed by atoms with Gasteiger partial charge in [0.25, 0.3) is 0 Å². The summed E-state index contributed by atoms with van der Waals surface area (Å²) in [6.07, 6.45) is 0. The van der Waals surface area contributed by atoms with E-state index < -0.39 is 47.0 Å². The van der Waals surface area contributed by atoms with E-state index in [1.54, 1.807) is 0 Å². The first-order chi connectivity index (χ1) is 11.6. The quantitative estimate of drug-likeness (QED) is 0.196. The molecule has 0 aliphatic rings. The zero-order chi connectivity index (χ0) is 21.9. The summed E-state index contributed by atoms with van der Waals surface area (Å²) in [5.74, 6) is -25.5. The van der Waals surface area contributed by atoms with Crippen LogP contribution in [0.5, 0.6) is 0 Å². The molecule has 0 aliphatic carbocycles. The van der Waals surface area contributed by atoms with Gasteiger partial charge in [0.15, 0.2) is 0 Å². The molecule has 1 rings (SSSR count). The minimum atomic E-state index is -5.67. The van der Waals surface area contributed by atoms with Gasteiger partial charge >= 0.3 is 29.6 Å². The molecule has 0 spiro atoms. The maximum atomic E-state index is 13.6. The lowest BCUT2D eigenvalue weighted by atomic mass is 10.2. The van der Waals surface area contributed by atoms with Crippen LogP contribution in [0, 0.1) is 0 Å². The molecule has 0 atom stereocenters. The van der Waals surface area contributed by atoms with Crippen molar-refractivity contribution in [2.75, 3.05) is 0 Å². The van der Waals surface area contributed by atoms with Crippen LogP contribution in [0.3, 0.4) is 0 Å². The van der Waals surface area contributed by atoms with Crippen molar-refractivity contribution in [1.29, 1.82) is 0 Å². The molecule has 0 aliphatic heterocycles. The summed E-state index contributed by atoms with van der Waals surface area (Å²) in [5, 5.41) is 0. The molecule has 0 unspecified atom stereocenters. The van der Waals surface area contributed by atoms with Gasteiger partial charge in [0, 0.05) is 67.8 Å². The van der Waals surface area contributed by atoms with Gasteiger partial charge in [-0.1, -0.05) is 0 Å². The van der Waals surface area contributed by atoms with Crippen LogP contribution < -0.4 is 0 Å². The second-order valence-electron chi connectivity index (χ2n) is 4.52. The number of aromatic nitrogens is 3. The lowest BCUT2D eigenvalue weighted by molar-refractivity contribution is -0.169. The fourth-order valence-electron chi connectivity index (χ4n) is 1.18. The topological polar surface area (TPSA) is 38.7 Å². The van der Waals surface area contributed by atoms with Crippen LogP contribution in [0.15, 0.2) is 0 Å². The van der Waals surface area contributed by atoms with Crippen molar-refractivity contribution in [1.82, 2.24) is 15.0 Å². The first-order valence-corrected chi connectivity index (χ1v) is 8.91. The number of halogens is 15. The van der Waals surface area contributed by atoms with Crippen LogP contribution in [0.25, 0.3) is 0 Å². The van der Waals surface area contributed by atoms with Gasteiger partial charge in [-0.3, -0.25) is 0 Å². The van der Waals surface area contributed by atoms with Gasteiger partial charge in [0.1, 0.15) is 0 Å². The fourth-order valence-corrected chi connectivity index (χ4v) is 1.90. The van der Waals surface area contributed by atoms with Crippen molar-refractivity contribution in [3.05, 3.63) is 17.5 Å². The summed E-state index contributed by atoms with van der Waals surface area (Å²) in [7, 11) is 0. The molecule has 156 valence electrons. The van der Waals surface area contributed by atoms with Gasteiger partial charge < -0.3 is 0 Å². The molecule has 1 heterocycles. The molecular formula is C9F12I3N3. The number of hydrogen-bond donors (Lipinski definition) is 0. The van der Waals surface area contributed by atoms with E-state index >= 15 is 0 Å². The Bertz CT molecular complexity index is 601. The Hall–Kier alpha value is 0.360. The maximum absolute atomic E-state index is 13.6. The van der Waals surface area contributed by atoms with Crippen molar-refractivity contribution in [3.8, 4) is 0 Å². The molecule has 0 radical (unpaired) electrons. The van der Waals surface area contributed by atoms with E-state index in [0.29, 0.717) is 0 Å². The molecule has 3 nitrogen and oxygen atoms in total. The van der Waals surface area contributed by atoms with Gasteiger partial charge in [0.05, 0.1) is 0 Å². The Morgan fingerprint density at radius 3 is 0.667 bits per heavy atom. The molecule has 18 heteroatoms. The molecule has 0 N–H and O–H groups in total. The highest BCUT2D eigenvalue weighted by molar-refractivity contribution is 14.1. The van der Waals surface area contributed by atoms with Gasteiger partial charge in [-0.05, 0) is 0 Å². The molecule has 0 aromatic carbocycles. The van der Waals surface area contributed by atoms with Crippen molar-refractivity contribution in [3.63, 3.8) is 0 Å². The predicted molar refractivity (Wildman–Crippen MR) is 88.4 cm³/mol. The van der Waals surface area contributed by atoms with Crippen LogP contribution in [0.1, 0.15) is 17.5 Å². The minimum Gasteiger partial charge on any atom is -0.205 e. The average Bonchev–Trinajstić information content (AvgIpc) is 2.43. The number of hydrogen-bond acceptors (Lipinski definition) is 3. The van der Waals surface area contributed by atoms with Crippen LogP contribution >= 0.6 is 67.8 Å². The Morgan fingerprint density at radius 1 is 0.407 bits per heavy atom. The van der Waals surface area contributed by atoms with Crippen molar-refractivity contribution in [2.24, 2.45) is 0 Å². The van der Waals surface area contributed by atoms with E-state index in [2.05, 4.69) is 0 Å². The Kier molecular flexibility index (Phi) is 6.82. The van der Waals surface area contributed by atoms with E-state index in [9.17, 15) is 52.7 Å². The normalized spacial score (nSPS) is 15.2. The van der Waals surface area contributed by atoms with Crippen LogP contribution in [0.2, 0.25) is 0 Å². The highest BCUT2D eigenvalue weighted by atomic mass is 127. The van der Waals surface area contributed by atoms with Gasteiger partial charge in [-0.25, -0.2) is 15.0 Å². The summed E-state index contributed by atoms with van der Waals surface area (Å²) >= 11 is -0.713. The lowest BCUT2D eigenvalue weighted by Gasteiger charge is -2.26. The van der Waals surface area contributed by atoms with E-state index in [4.69, 9.17) is 0 Å². The molecule has 0 fully saturated rings. The molecule has 1 aromatic rings. The molecule has 0 amide bonds. The highest BCUT2D eigenvalue weighted by Crippen LogP contribution is 2.51. The van der Waals surface area contributed by atoms with Gasteiger partial charge in [-0.2, -0.15) is 52.7 Å². The number of alkyl halides is 15. The Labute approximate surface area is 181 Å². The molecule has 0 bridgehead atoms. The Balaban J connectivity index is 3.90.